The summed E-state index contributed by atoms with van der Waals surface area (Å²) < 4.78 is 53.5. The first-order valence-corrected chi connectivity index (χ1v) is 11.1. The molecule has 0 atom stereocenters. The summed E-state index contributed by atoms with van der Waals surface area (Å²) in [5, 5.41) is 0. The molecular weight excluding hydrogens is 406 g/mol. The molecule has 0 aromatic heterocycles. The van der Waals surface area contributed by atoms with Crippen molar-refractivity contribution in [2.24, 2.45) is 0 Å². The summed E-state index contributed by atoms with van der Waals surface area (Å²) in [6.07, 6.45) is 0. The Kier molecular flexibility index (Phi) is 6.36. The number of aryl methyl sites for hydroxylation is 1. The van der Waals surface area contributed by atoms with Crippen molar-refractivity contribution in [3.05, 3.63) is 59.7 Å². The lowest BCUT2D eigenvalue weighted by atomic mass is 10.2. The van der Waals surface area contributed by atoms with Gasteiger partial charge >= 0.3 is 0 Å². The predicted octanol–water partition coefficient (Wildman–Crippen LogP) is 2.90. The van der Waals surface area contributed by atoms with Crippen LogP contribution >= 0.6 is 11.8 Å². The number of amides is 1. The summed E-state index contributed by atoms with van der Waals surface area (Å²) in [4.78, 5) is 14.4. The Bertz CT molecular complexity index is 975. The Hall–Kier alpha value is -1.97. The van der Waals surface area contributed by atoms with E-state index < -0.39 is 26.6 Å². The van der Waals surface area contributed by atoms with Crippen LogP contribution in [0, 0.1) is 18.6 Å². The number of hydrogen-bond acceptors (Lipinski definition) is 4. The predicted molar refractivity (Wildman–Crippen MR) is 104 cm³/mol. The van der Waals surface area contributed by atoms with Crippen LogP contribution in [0.5, 0.6) is 0 Å². The van der Waals surface area contributed by atoms with Gasteiger partial charge in [-0.1, -0.05) is 18.2 Å². The highest BCUT2D eigenvalue weighted by molar-refractivity contribution is 8.00. The molecule has 150 valence electrons. The molecule has 5 nitrogen and oxygen atoms in total. The van der Waals surface area contributed by atoms with Gasteiger partial charge < -0.3 is 4.90 Å². The largest absolute Gasteiger partial charge is 0.339 e. The van der Waals surface area contributed by atoms with Crippen LogP contribution in [-0.2, 0) is 14.8 Å². The number of piperazine rings is 1. The summed E-state index contributed by atoms with van der Waals surface area (Å²) in [6.45, 7) is 2.48. The lowest BCUT2D eigenvalue weighted by Gasteiger charge is -2.34. The van der Waals surface area contributed by atoms with Crippen LogP contribution in [0.15, 0.2) is 52.3 Å². The van der Waals surface area contributed by atoms with E-state index in [0.29, 0.717) is 6.07 Å². The molecule has 2 aromatic rings. The monoisotopic (exact) mass is 426 g/mol. The van der Waals surface area contributed by atoms with Gasteiger partial charge in [-0.25, -0.2) is 17.2 Å². The maximum atomic E-state index is 13.9. The van der Waals surface area contributed by atoms with Gasteiger partial charge in [0.1, 0.15) is 16.5 Å². The average molecular weight is 427 g/mol. The van der Waals surface area contributed by atoms with E-state index in [4.69, 9.17) is 0 Å². The second-order valence-corrected chi connectivity index (χ2v) is 9.34. The highest BCUT2D eigenvalue weighted by Gasteiger charge is 2.32. The Labute approximate surface area is 167 Å². The number of carbonyl (C=O) groups excluding carboxylic acids is 1. The van der Waals surface area contributed by atoms with Crippen molar-refractivity contribution in [3.8, 4) is 0 Å². The maximum absolute atomic E-state index is 13.9. The number of thioether (sulfide) groups is 1. The molecule has 0 radical (unpaired) electrons. The van der Waals surface area contributed by atoms with Crippen LogP contribution in [0.2, 0.25) is 0 Å². The number of carbonyl (C=O) groups is 1. The molecule has 1 fully saturated rings. The minimum Gasteiger partial charge on any atom is -0.339 e. The number of sulfonamides is 1. The van der Waals surface area contributed by atoms with Crippen LogP contribution in [0.3, 0.4) is 0 Å². The van der Waals surface area contributed by atoms with Gasteiger partial charge in [0.15, 0.2) is 0 Å². The van der Waals surface area contributed by atoms with E-state index in [1.807, 2.05) is 31.2 Å². The molecule has 1 saturated heterocycles. The zero-order valence-electron chi connectivity index (χ0n) is 15.3. The second-order valence-electron chi connectivity index (χ2n) is 6.41. The topological polar surface area (TPSA) is 57.7 Å². The lowest BCUT2D eigenvalue weighted by Crippen LogP contribution is -2.51. The summed E-state index contributed by atoms with van der Waals surface area (Å²) in [5.41, 5.74) is 1.09. The molecule has 0 unspecified atom stereocenters. The first-order chi connectivity index (χ1) is 13.3. The molecule has 1 heterocycles. The molecule has 1 aliphatic rings. The van der Waals surface area contributed by atoms with Gasteiger partial charge in [-0.2, -0.15) is 4.31 Å². The number of hydrogen-bond donors (Lipinski definition) is 0. The third kappa shape index (κ3) is 4.53. The molecule has 2 aromatic carbocycles. The van der Waals surface area contributed by atoms with Gasteiger partial charge in [-0.3, -0.25) is 4.79 Å². The van der Waals surface area contributed by atoms with Gasteiger partial charge in [0.25, 0.3) is 0 Å². The Morgan fingerprint density at radius 1 is 1.07 bits per heavy atom. The van der Waals surface area contributed by atoms with Crippen molar-refractivity contribution in [2.45, 2.75) is 16.7 Å². The highest BCUT2D eigenvalue weighted by atomic mass is 32.2. The van der Waals surface area contributed by atoms with E-state index in [2.05, 4.69) is 0 Å². The third-order valence-corrected chi connectivity index (χ3v) is 7.62. The van der Waals surface area contributed by atoms with Crippen molar-refractivity contribution >= 4 is 27.7 Å². The second kappa shape index (κ2) is 8.59. The molecule has 1 aliphatic heterocycles. The molecule has 0 saturated carbocycles. The molecule has 0 bridgehead atoms. The molecule has 0 spiro atoms. The fourth-order valence-corrected chi connectivity index (χ4v) is 5.37. The zero-order valence-corrected chi connectivity index (χ0v) is 16.9. The van der Waals surface area contributed by atoms with E-state index in [-0.39, 0.29) is 37.8 Å². The minimum absolute atomic E-state index is 0.0407. The SMILES string of the molecule is Cc1ccccc1SCC(=O)N1CCN(S(=O)(=O)c2cc(F)ccc2F)CC1. The summed E-state index contributed by atoms with van der Waals surface area (Å²) in [6, 6.07) is 10.1. The summed E-state index contributed by atoms with van der Waals surface area (Å²) in [5.74, 6) is -1.63. The van der Waals surface area contributed by atoms with Crippen LogP contribution in [0.25, 0.3) is 0 Å². The van der Waals surface area contributed by atoms with E-state index in [1.54, 1.807) is 4.90 Å². The minimum atomic E-state index is -4.15. The van der Waals surface area contributed by atoms with Gasteiger partial charge in [-0.15, -0.1) is 11.8 Å². The van der Waals surface area contributed by atoms with Crippen molar-refractivity contribution in [3.63, 3.8) is 0 Å². The van der Waals surface area contributed by atoms with Crippen molar-refractivity contribution in [1.82, 2.24) is 9.21 Å². The normalized spacial score (nSPS) is 15.6. The fourth-order valence-electron chi connectivity index (χ4n) is 2.94. The number of rotatable bonds is 5. The fraction of sp³-hybridized carbons (Fsp3) is 0.316. The first kappa shape index (κ1) is 20.8. The van der Waals surface area contributed by atoms with Gasteiger partial charge in [-0.05, 0) is 36.8 Å². The summed E-state index contributed by atoms with van der Waals surface area (Å²) >= 11 is 1.44. The van der Waals surface area contributed by atoms with Gasteiger partial charge in [0.2, 0.25) is 15.9 Å². The van der Waals surface area contributed by atoms with E-state index in [0.717, 1.165) is 26.9 Å². The third-order valence-electron chi connectivity index (χ3n) is 4.55. The van der Waals surface area contributed by atoms with E-state index in [1.165, 1.54) is 11.8 Å². The molecule has 3 rings (SSSR count). The molecule has 9 heteroatoms. The van der Waals surface area contributed by atoms with Crippen molar-refractivity contribution in [1.29, 1.82) is 0 Å². The van der Waals surface area contributed by atoms with E-state index in [9.17, 15) is 22.0 Å². The number of halogens is 2. The molecule has 28 heavy (non-hydrogen) atoms. The number of nitrogens with zero attached hydrogens (tertiary/aromatic N) is 2. The average Bonchev–Trinajstić information content (AvgIpc) is 2.69. The Morgan fingerprint density at radius 3 is 2.43 bits per heavy atom. The highest BCUT2D eigenvalue weighted by Crippen LogP contribution is 2.24. The van der Waals surface area contributed by atoms with E-state index >= 15 is 0 Å². The molecular formula is C19H20F2N2O3S2. The Morgan fingerprint density at radius 2 is 1.75 bits per heavy atom. The van der Waals surface area contributed by atoms with Gasteiger partial charge in [0.05, 0.1) is 5.75 Å². The van der Waals surface area contributed by atoms with Crippen molar-refractivity contribution < 1.29 is 22.0 Å². The smallest absolute Gasteiger partial charge is 0.246 e. The lowest BCUT2D eigenvalue weighted by molar-refractivity contribution is -0.129. The van der Waals surface area contributed by atoms with Crippen LogP contribution in [0.1, 0.15) is 5.56 Å². The maximum Gasteiger partial charge on any atom is 0.246 e. The molecule has 1 amide bonds. The zero-order chi connectivity index (χ0) is 20.3. The summed E-state index contributed by atoms with van der Waals surface area (Å²) in [7, 11) is -4.15. The Balaban J connectivity index is 1.60. The molecule has 0 N–H and O–H groups in total. The number of benzene rings is 2. The van der Waals surface area contributed by atoms with Gasteiger partial charge in [0, 0.05) is 31.1 Å². The first-order valence-electron chi connectivity index (χ1n) is 8.70. The standard InChI is InChI=1S/C19H20F2N2O3S2/c1-14-4-2-3-5-17(14)27-13-19(24)22-8-10-23(11-9-22)28(25,26)18-12-15(20)6-7-16(18)21/h2-7,12H,8-11,13H2,1H3. The molecule has 0 aliphatic carbocycles. The quantitative estimate of drug-likeness (QED) is 0.690. The van der Waals surface area contributed by atoms with Crippen molar-refractivity contribution in [2.75, 3.05) is 31.9 Å². The van der Waals surface area contributed by atoms with Crippen LogP contribution in [-0.4, -0.2) is 55.5 Å². The van der Waals surface area contributed by atoms with Crippen LogP contribution in [0.4, 0.5) is 8.78 Å². The van der Waals surface area contributed by atoms with Crippen LogP contribution < -0.4 is 0 Å².